The van der Waals surface area contributed by atoms with Crippen LogP contribution in [0.5, 0.6) is 0 Å². The van der Waals surface area contributed by atoms with Crippen LogP contribution in [0.15, 0.2) is 39.2 Å². The van der Waals surface area contributed by atoms with Crippen LogP contribution in [0.25, 0.3) is 22.3 Å². The van der Waals surface area contributed by atoms with Gasteiger partial charge in [0, 0.05) is 50.5 Å². The molecule has 4 aromatic rings. The van der Waals surface area contributed by atoms with Gasteiger partial charge in [-0.1, -0.05) is 0 Å². The molecule has 9 heteroatoms. The van der Waals surface area contributed by atoms with Crippen molar-refractivity contribution in [2.75, 3.05) is 49.1 Å². The van der Waals surface area contributed by atoms with Crippen molar-refractivity contribution in [1.82, 2.24) is 19.9 Å². The van der Waals surface area contributed by atoms with Gasteiger partial charge in [0.05, 0.1) is 0 Å². The normalized spacial score (nSPS) is 17.1. The molecule has 0 atom stereocenters. The van der Waals surface area contributed by atoms with Crippen LogP contribution in [0.4, 0.5) is 12.0 Å². The fourth-order valence-electron chi connectivity index (χ4n) is 4.41. The van der Waals surface area contributed by atoms with Crippen LogP contribution >= 0.6 is 0 Å². The van der Waals surface area contributed by atoms with E-state index < -0.39 is 0 Å². The molecule has 2 saturated heterocycles. The lowest BCUT2D eigenvalue weighted by atomic mass is 10.1. The third kappa shape index (κ3) is 3.34. The highest BCUT2D eigenvalue weighted by Crippen LogP contribution is 2.27. The highest BCUT2D eigenvalue weighted by Gasteiger charge is 2.26. The van der Waals surface area contributed by atoms with Gasteiger partial charge in [0.15, 0.2) is 11.2 Å². The van der Waals surface area contributed by atoms with Crippen LogP contribution in [0.1, 0.15) is 28.9 Å². The second-order valence-electron chi connectivity index (χ2n) is 8.42. The molecule has 2 aliphatic heterocycles. The third-order valence-corrected chi connectivity index (χ3v) is 6.22. The number of benzene rings is 1. The molecule has 164 valence electrons. The Balaban J connectivity index is 1.15. The minimum atomic E-state index is 0.000490. The predicted octanol–water partition coefficient (Wildman–Crippen LogP) is 3.24. The van der Waals surface area contributed by atoms with Gasteiger partial charge in [-0.05, 0) is 50.1 Å². The highest BCUT2D eigenvalue weighted by atomic mass is 16.4. The Hall–Kier alpha value is -3.62. The molecule has 0 aliphatic carbocycles. The molecule has 1 aromatic carbocycles. The number of pyridine rings is 1. The van der Waals surface area contributed by atoms with Gasteiger partial charge in [0.25, 0.3) is 17.9 Å². The number of nitrogens with zero attached hydrogens (tertiary/aromatic N) is 6. The SMILES string of the molecule is Cc1ccc2oc(N3CCN(C(=O)c4ccc5nc(N6CCCC6)oc5c4)CC3)nc2n1. The molecule has 0 radical (unpaired) electrons. The molecule has 2 fully saturated rings. The molecule has 0 saturated carbocycles. The first kappa shape index (κ1) is 19.1. The quantitative estimate of drug-likeness (QED) is 0.487. The number of anilines is 2. The second kappa shape index (κ2) is 7.51. The van der Waals surface area contributed by atoms with E-state index >= 15 is 0 Å². The first-order chi connectivity index (χ1) is 15.6. The molecule has 32 heavy (non-hydrogen) atoms. The minimum Gasteiger partial charge on any atom is -0.423 e. The molecular weight excluding hydrogens is 408 g/mol. The third-order valence-electron chi connectivity index (χ3n) is 6.22. The van der Waals surface area contributed by atoms with Gasteiger partial charge < -0.3 is 23.5 Å². The van der Waals surface area contributed by atoms with E-state index in [1.165, 1.54) is 0 Å². The zero-order valence-electron chi connectivity index (χ0n) is 18.0. The first-order valence-corrected chi connectivity index (χ1v) is 11.1. The number of aromatic nitrogens is 3. The number of carbonyl (C=O) groups excluding carboxylic acids is 1. The standard InChI is InChI=1S/C23H24N6O3/c1-15-4-7-18-20(24-15)26-23(31-18)29-12-10-27(11-13-29)21(30)16-5-6-17-19(14-16)32-22(25-17)28-8-2-3-9-28/h4-7,14H,2-3,8-13H2,1H3. The summed E-state index contributed by atoms with van der Waals surface area (Å²) in [6.07, 6.45) is 2.32. The molecule has 0 spiro atoms. The number of aryl methyl sites for hydroxylation is 1. The van der Waals surface area contributed by atoms with Gasteiger partial charge in [-0.25, -0.2) is 4.98 Å². The Morgan fingerprint density at radius 1 is 0.812 bits per heavy atom. The molecular formula is C23H24N6O3. The largest absolute Gasteiger partial charge is 0.423 e. The van der Waals surface area contributed by atoms with Crippen molar-refractivity contribution >= 4 is 40.3 Å². The number of amides is 1. The summed E-state index contributed by atoms with van der Waals surface area (Å²) < 4.78 is 11.8. The first-order valence-electron chi connectivity index (χ1n) is 11.1. The maximum atomic E-state index is 13.1. The Labute approximate surface area is 184 Å². The van der Waals surface area contributed by atoms with E-state index in [1.54, 1.807) is 0 Å². The predicted molar refractivity (Wildman–Crippen MR) is 120 cm³/mol. The van der Waals surface area contributed by atoms with E-state index in [0.717, 1.165) is 37.1 Å². The van der Waals surface area contributed by atoms with Crippen LogP contribution in [-0.4, -0.2) is 65.0 Å². The molecule has 0 bridgehead atoms. The molecule has 0 N–H and O–H groups in total. The van der Waals surface area contributed by atoms with Crippen molar-refractivity contribution in [2.24, 2.45) is 0 Å². The molecule has 5 heterocycles. The average molecular weight is 432 g/mol. The summed E-state index contributed by atoms with van der Waals surface area (Å²) >= 11 is 0. The van der Waals surface area contributed by atoms with E-state index in [2.05, 4.69) is 24.8 Å². The highest BCUT2D eigenvalue weighted by molar-refractivity contribution is 5.97. The molecule has 2 aliphatic rings. The monoisotopic (exact) mass is 432 g/mol. The fourth-order valence-corrected chi connectivity index (χ4v) is 4.41. The van der Waals surface area contributed by atoms with Crippen LogP contribution in [0.3, 0.4) is 0 Å². The maximum absolute atomic E-state index is 13.1. The number of hydrogen-bond donors (Lipinski definition) is 0. The summed E-state index contributed by atoms with van der Waals surface area (Å²) in [5, 5.41) is 0. The van der Waals surface area contributed by atoms with Crippen molar-refractivity contribution in [1.29, 1.82) is 0 Å². The van der Waals surface area contributed by atoms with E-state index in [-0.39, 0.29) is 5.91 Å². The van der Waals surface area contributed by atoms with E-state index in [0.29, 0.717) is 60.6 Å². The summed E-state index contributed by atoms with van der Waals surface area (Å²) in [5.41, 5.74) is 4.27. The van der Waals surface area contributed by atoms with Crippen molar-refractivity contribution in [3.8, 4) is 0 Å². The van der Waals surface area contributed by atoms with Gasteiger partial charge >= 0.3 is 0 Å². The summed E-state index contributed by atoms with van der Waals surface area (Å²) in [4.78, 5) is 32.7. The zero-order chi connectivity index (χ0) is 21.7. The molecule has 1 amide bonds. The Morgan fingerprint density at radius 2 is 1.53 bits per heavy atom. The number of oxazole rings is 2. The summed E-state index contributed by atoms with van der Waals surface area (Å²) in [6, 6.07) is 10.5. The summed E-state index contributed by atoms with van der Waals surface area (Å²) in [7, 11) is 0. The number of hydrogen-bond acceptors (Lipinski definition) is 8. The summed E-state index contributed by atoms with van der Waals surface area (Å²) in [6.45, 7) is 6.37. The minimum absolute atomic E-state index is 0.000490. The van der Waals surface area contributed by atoms with Gasteiger partial charge in [0.1, 0.15) is 5.52 Å². The van der Waals surface area contributed by atoms with Crippen LogP contribution in [-0.2, 0) is 0 Å². The van der Waals surface area contributed by atoms with E-state index in [9.17, 15) is 4.79 Å². The topological polar surface area (TPSA) is 91.7 Å². The van der Waals surface area contributed by atoms with Crippen LogP contribution in [0, 0.1) is 6.92 Å². The second-order valence-corrected chi connectivity index (χ2v) is 8.42. The smallest absolute Gasteiger partial charge is 0.300 e. The van der Waals surface area contributed by atoms with Crippen molar-refractivity contribution < 1.29 is 13.6 Å². The summed E-state index contributed by atoms with van der Waals surface area (Å²) in [5.74, 6) is 0.000490. The Kier molecular flexibility index (Phi) is 4.48. The number of rotatable bonds is 3. The fraction of sp³-hybridized carbons (Fsp3) is 0.391. The molecule has 0 unspecified atom stereocenters. The van der Waals surface area contributed by atoms with Crippen molar-refractivity contribution in [3.63, 3.8) is 0 Å². The van der Waals surface area contributed by atoms with Gasteiger partial charge in [0.2, 0.25) is 5.65 Å². The lowest BCUT2D eigenvalue weighted by Crippen LogP contribution is -2.48. The van der Waals surface area contributed by atoms with Crippen LogP contribution in [0.2, 0.25) is 0 Å². The van der Waals surface area contributed by atoms with Gasteiger partial charge in [-0.2, -0.15) is 9.97 Å². The Morgan fingerprint density at radius 3 is 2.34 bits per heavy atom. The lowest BCUT2D eigenvalue weighted by Gasteiger charge is -2.33. The van der Waals surface area contributed by atoms with Crippen molar-refractivity contribution in [3.05, 3.63) is 41.6 Å². The van der Waals surface area contributed by atoms with Crippen molar-refractivity contribution in [2.45, 2.75) is 19.8 Å². The number of carbonyl (C=O) groups is 1. The molecule has 6 rings (SSSR count). The number of fused-ring (bicyclic) bond motifs is 2. The Bertz CT molecular complexity index is 1300. The van der Waals surface area contributed by atoms with Crippen LogP contribution < -0.4 is 9.80 Å². The number of piperazine rings is 1. The maximum Gasteiger partial charge on any atom is 0.300 e. The van der Waals surface area contributed by atoms with E-state index in [4.69, 9.17) is 8.83 Å². The molecule has 9 nitrogen and oxygen atoms in total. The average Bonchev–Trinajstić information content (AvgIpc) is 3.56. The lowest BCUT2D eigenvalue weighted by molar-refractivity contribution is 0.0745. The molecule has 3 aromatic heterocycles. The zero-order valence-corrected chi connectivity index (χ0v) is 18.0. The van der Waals surface area contributed by atoms with Gasteiger partial charge in [-0.3, -0.25) is 4.79 Å². The van der Waals surface area contributed by atoms with E-state index in [1.807, 2.05) is 42.2 Å². The van der Waals surface area contributed by atoms with Gasteiger partial charge in [-0.15, -0.1) is 0 Å².